The molecule has 0 unspecified atom stereocenters. The van der Waals surface area contributed by atoms with Gasteiger partial charge in [0.15, 0.2) is 0 Å². The highest BCUT2D eigenvalue weighted by molar-refractivity contribution is 9.10. The molecule has 0 radical (unpaired) electrons. The van der Waals surface area contributed by atoms with Crippen molar-refractivity contribution >= 4 is 15.9 Å². The average molecular weight is 331 g/mol. The average Bonchev–Trinajstić information content (AvgIpc) is 2.89. The van der Waals surface area contributed by atoms with Crippen LogP contribution in [0.5, 0.6) is 0 Å². The van der Waals surface area contributed by atoms with Crippen molar-refractivity contribution in [1.82, 2.24) is 10.2 Å². The summed E-state index contributed by atoms with van der Waals surface area (Å²) in [5.74, 6) is 0. The van der Waals surface area contributed by atoms with Crippen LogP contribution in [0.1, 0.15) is 22.3 Å². The number of hydrogen-bond donors (Lipinski definition) is 1. The van der Waals surface area contributed by atoms with Gasteiger partial charge in [-0.3, -0.25) is 4.90 Å². The molecule has 0 bridgehead atoms. The molecule has 20 heavy (non-hydrogen) atoms. The van der Waals surface area contributed by atoms with Gasteiger partial charge < -0.3 is 5.32 Å². The first kappa shape index (κ1) is 13.8. The Morgan fingerprint density at radius 3 is 2.70 bits per heavy atom. The van der Waals surface area contributed by atoms with E-state index in [1.807, 2.05) is 0 Å². The van der Waals surface area contributed by atoms with Crippen LogP contribution < -0.4 is 5.32 Å². The van der Waals surface area contributed by atoms with Crippen LogP contribution in [0, 0.1) is 0 Å². The van der Waals surface area contributed by atoms with Gasteiger partial charge in [0, 0.05) is 30.7 Å². The molecule has 0 aromatic heterocycles. The molecule has 1 N–H and O–H groups in total. The lowest BCUT2D eigenvalue weighted by molar-refractivity contribution is 0.318. The van der Waals surface area contributed by atoms with E-state index in [0.29, 0.717) is 0 Å². The van der Waals surface area contributed by atoms with Crippen molar-refractivity contribution in [2.75, 3.05) is 7.05 Å². The van der Waals surface area contributed by atoms with E-state index < -0.39 is 0 Å². The molecule has 0 amide bonds. The van der Waals surface area contributed by atoms with E-state index in [4.69, 9.17) is 0 Å². The lowest BCUT2D eigenvalue weighted by atomic mass is 10.1. The van der Waals surface area contributed by atoms with E-state index >= 15 is 0 Å². The maximum Gasteiger partial charge on any atom is 0.0245 e. The van der Waals surface area contributed by atoms with Gasteiger partial charge >= 0.3 is 0 Å². The highest BCUT2D eigenvalue weighted by Gasteiger charge is 2.11. The molecule has 0 saturated heterocycles. The highest BCUT2D eigenvalue weighted by Crippen LogP contribution is 2.20. The highest BCUT2D eigenvalue weighted by atomic mass is 79.9. The monoisotopic (exact) mass is 330 g/mol. The summed E-state index contributed by atoms with van der Waals surface area (Å²) in [5.41, 5.74) is 5.62. The van der Waals surface area contributed by atoms with Crippen molar-refractivity contribution in [3.8, 4) is 0 Å². The Morgan fingerprint density at radius 1 is 1.05 bits per heavy atom. The largest absolute Gasteiger partial charge is 0.309 e. The third-order valence-corrected chi connectivity index (χ3v) is 4.53. The molecular weight excluding hydrogens is 312 g/mol. The van der Waals surface area contributed by atoms with E-state index in [-0.39, 0.29) is 0 Å². The smallest absolute Gasteiger partial charge is 0.0245 e. The number of halogens is 1. The lowest BCUT2D eigenvalue weighted by Crippen LogP contribution is -2.17. The predicted octanol–water partition coefficient (Wildman–Crippen LogP) is 3.68. The van der Waals surface area contributed by atoms with Crippen molar-refractivity contribution in [3.05, 3.63) is 69.2 Å². The van der Waals surface area contributed by atoms with Gasteiger partial charge in [-0.25, -0.2) is 0 Å². The molecule has 2 aromatic rings. The summed E-state index contributed by atoms with van der Waals surface area (Å²) in [5, 5.41) is 3.40. The maximum atomic E-state index is 3.62. The molecule has 2 nitrogen and oxygen atoms in total. The first-order valence-corrected chi connectivity index (χ1v) is 7.75. The van der Waals surface area contributed by atoms with Gasteiger partial charge in [0.1, 0.15) is 0 Å². The quantitative estimate of drug-likeness (QED) is 0.919. The van der Waals surface area contributed by atoms with Crippen LogP contribution in [-0.2, 0) is 26.2 Å². The Hall–Kier alpha value is -1.16. The van der Waals surface area contributed by atoms with Crippen molar-refractivity contribution in [2.24, 2.45) is 0 Å². The molecule has 1 aliphatic heterocycles. The van der Waals surface area contributed by atoms with E-state index in [0.717, 1.165) is 26.2 Å². The van der Waals surface area contributed by atoms with Crippen molar-refractivity contribution < 1.29 is 0 Å². The number of benzene rings is 2. The Kier molecular flexibility index (Phi) is 4.20. The SMILES string of the molecule is CN(Cc1ccc2c(c1)CNC2)Cc1ccccc1Br. The second-order valence-corrected chi connectivity index (χ2v) is 6.32. The normalized spacial score (nSPS) is 13.8. The number of fused-ring (bicyclic) bond motifs is 1. The number of nitrogens with one attached hydrogen (secondary N) is 1. The predicted molar refractivity (Wildman–Crippen MR) is 86.3 cm³/mol. The Bertz CT molecular complexity index is 610. The zero-order valence-corrected chi connectivity index (χ0v) is 13.3. The minimum atomic E-state index is 0.955. The fourth-order valence-electron chi connectivity index (χ4n) is 2.73. The maximum absolute atomic E-state index is 3.62. The van der Waals surface area contributed by atoms with Crippen LogP contribution in [0.4, 0.5) is 0 Å². The fourth-order valence-corrected chi connectivity index (χ4v) is 3.14. The second kappa shape index (κ2) is 6.08. The van der Waals surface area contributed by atoms with E-state index in [1.54, 1.807) is 0 Å². The molecule has 2 aromatic carbocycles. The second-order valence-electron chi connectivity index (χ2n) is 5.47. The molecule has 3 rings (SSSR count). The number of hydrogen-bond acceptors (Lipinski definition) is 2. The lowest BCUT2D eigenvalue weighted by Gasteiger charge is -2.18. The minimum absolute atomic E-state index is 0.955. The van der Waals surface area contributed by atoms with Gasteiger partial charge in [-0.1, -0.05) is 52.3 Å². The van der Waals surface area contributed by atoms with Crippen molar-refractivity contribution in [2.45, 2.75) is 26.2 Å². The van der Waals surface area contributed by atoms with Gasteiger partial charge in [0.05, 0.1) is 0 Å². The molecule has 0 fully saturated rings. The van der Waals surface area contributed by atoms with Gasteiger partial charge in [-0.05, 0) is 35.4 Å². The van der Waals surface area contributed by atoms with Crippen LogP contribution in [0.25, 0.3) is 0 Å². The topological polar surface area (TPSA) is 15.3 Å². The Balaban J connectivity index is 1.67. The van der Waals surface area contributed by atoms with Gasteiger partial charge in [-0.2, -0.15) is 0 Å². The van der Waals surface area contributed by atoms with E-state index in [1.165, 1.54) is 26.7 Å². The van der Waals surface area contributed by atoms with Gasteiger partial charge in [-0.15, -0.1) is 0 Å². The van der Waals surface area contributed by atoms with Crippen molar-refractivity contribution in [1.29, 1.82) is 0 Å². The minimum Gasteiger partial charge on any atom is -0.309 e. The summed E-state index contributed by atoms with van der Waals surface area (Å²) in [6, 6.07) is 15.3. The Labute approximate surface area is 128 Å². The summed E-state index contributed by atoms with van der Waals surface area (Å²) in [6.07, 6.45) is 0. The molecule has 0 atom stereocenters. The third kappa shape index (κ3) is 3.11. The molecule has 1 aliphatic rings. The molecule has 0 saturated carbocycles. The van der Waals surface area contributed by atoms with Crippen LogP contribution in [-0.4, -0.2) is 11.9 Å². The summed E-state index contributed by atoms with van der Waals surface area (Å²) in [6.45, 7) is 3.96. The third-order valence-electron chi connectivity index (χ3n) is 3.75. The van der Waals surface area contributed by atoms with Gasteiger partial charge in [0.2, 0.25) is 0 Å². The molecular formula is C17H19BrN2. The van der Waals surface area contributed by atoms with E-state index in [2.05, 4.69) is 75.7 Å². The molecule has 0 aliphatic carbocycles. The van der Waals surface area contributed by atoms with Crippen LogP contribution in [0.15, 0.2) is 46.9 Å². The zero-order valence-electron chi connectivity index (χ0n) is 11.7. The van der Waals surface area contributed by atoms with Gasteiger partial charge in [0.25, 0.3) is 0 Å². The molecule has 1 heterocycles. The number of nitrogens with zero attached hydrogens (tertiary/aromatic N) is 1. The molecule has 104 valence electrons. The van der Waals surface area contributed by atoms with Crippen LogP contribution in [0.2, 0.25) is 0 Å². The van der Waals surface area contributed by atoms with Crippen LogP contribution in [0.3, 0.4) is 0 Å². The summed E-state index contributed by atoms with van der Waals surface area (Å²) in [4.78, 5) is 2.35. The first-order chi connectivity index (χ1) is 9.72. The van der Waals surface area contributed by atoms with Crippen LogP contribution >= 0.6 is 15.9 Å². The van der Waals surface area contributed by atoms with Crippen molar-refractivity contribution in [3.63, 3.8) is 0 Å². The number of rotatable bonds is 4. The summed E-state index contributed by atoms with van der Waals surface area (Å²) in [7, 11) is 2.17. The first-order valence-electron chi connectivity index (χ1n) is 6.96. The van der Waals surface area contributed by atoms with E-state index in [9.17, 15) is 0 Å². The molecule has 0 spiro atoms. The summed E-state index contributed by atoms with van der Waals surface area (Å²) < 4.78 is 1.19. The molecule has 3 heteroatoms. The fraction of sp³-hybridized carbons (Fsp3) is 0.294. The Morgan fingerprint density at radius 2 is 1.85 bits per heavy atom. The summed E-state index contributed by atoms with van der Waals surface area (Å²) >= 11 is 3.62. The standard InChI is InChI=1S/C17H19BrN2/c1-20(12-15-4-2-3-5-17(15)18)11-13-6-7-14-9-19-10-16(14)8-13/h2-8,19H,9-12H2,1H3. The zero-order chi connectivity index (χ0) is 13.9.